The number of nitro benzene ring substituents is 1. The van der Waals surface area contributed by atoms with Gasteiger partial charge in [-0.2, -0.15) is 0 Å². The van der Waals surface area contributed by atoms with Crippen LogP contribution in [0.2, 0.25) is 0 Å². The van der Waals surface area contributed by atoms with Gasteiger partial charge in [-0.05, 0) is 11.6 Å². The number of allylic oxidation sites excluding steroid dienone is 1. The highest BCUT2D eigenvalue weighted by atomic mass is 16.6. The fourth-order valence-corrected chi connectivity index (χ4v) is 1.69. The Morgan fingerprint density at radius 3 is 2.70 bits per heavy atom. The van der Waals surface area contributed by atoms with E-state index in [4.69, 9.17) is 5.11 Å². The molecule has 8 nitrogen and oxygen atoms in total. The van der Waals surface area contributed by atoms with Gasteiger partial charge < -0.3 is 5.11 Å². The van der Waals surface area contributed by atoms with Crippen LogP contribution in [0.4, 0.5) is 11.4 Å². The number of non-ortho nitro benzene ring substituents is 1. The first-order chi connectivity index (χ1) is 9.36. The van der Waals surface area contributed by atoms with Gasteiger partial charge in [0.05, 0.1) is 15.9 Å². The van der Waals surface area contributed by atoms with E-state index in [2.05, 4.69) is 5.29 Å². The van der Waals surface area contributed by atoms with Crippen molar-refractivity contribution < 1.29 is 14.8 Å². The van der Waals surface area contributed by atoms with E-state index in [1.807, 2.05) is 0 Å². The third-order valence-corrected chi connectivity index (χ3v) is 2.71. The molecule has 0 aliphatic carbocycles. The highest BCUT2D eigenvalue weighted by Crippen LogP contribution is 2.31. The molecule has 106 valence electrons. The second kappa shape index (κ2) is 6.41. The third-order valence-electron chi connectivity index (χ3n) is 2.71. The first kappa shape index (κ1) is 15.3. The van der Waals surface area contributed by atoms with Crippen LogP contribution in [0.25, 0.3) is 0 Å². The van der Waals surface area contributed by atoms with Crippen molar-refractivity contribution in [3.63, 3.8) is 0 Å². The quantitative estimate of drug-likeness (QED) is 0.370. The molecule has 1 atom stereocenters. The van der Waals surface area contributed by atoms with Gasteiger partial charge >= 0.3 is 5.97 Å². The average Bonchev–Trinajstić information content (AvgIpc) is 2.43. The summed E-state index contributed by atoms with van der Waals surface area (Å²) in [4.78, 5) is 31.3. The minimum Gasteiger partial charge on any atom is -0.478 e. The van der Waals surface area contributed by atoms with Crippen molar-refractivity contribution in [1.29, 1.82) is 0 Å². The fourth-order valence-electron chi connectivity index (χ4n) is 1.69. The Kier molecular flexibility index (Phi) is 4.90. The number of hydrogen-bond donors (Lipinski definition) is 1. The van der Waals surface area contributed by atoms with Gasteiger partial charge in [0.1, 0.15) is 0 Å². The molecule has 0 amide bonds. The summed E-state index contributed by atoms with van der Waals surface area (Å²) in [6.45, 7) is 1.67. The summed E-state index contributed by atoms with van der Waals surface area (Å²) in [6.07, 6.45) is 2.32. The summed E-state index contributed by atoms with van der Waals surface area (Å²) in [5, 5.41) is 23.2. The Bertz CT molecular complexity index is 570. The summed E-state index contributed by atoms with van der Waals surface area (Å²) in [7, 11) is 1.41. The van der Waals surface area contributed by atoms with Crippen LogP contribution in [0.5, 0.6) is 0 Å². The van der Waals surface area contributed by atoms with Crippen LogP contribution in [0.3, 0.4) is 0 Å². The second-order valence-electron chi connectivity index (χ2n) is 4.09. The highest BCUT2D eigenvalue weighted by Gasteiger charge is 2.17. The normalized spacial score (nSPS) is 12.1. The summed E-state index contributed by atoms with van der Waals surface area (Å²) in [6, 6.07) is 3.96. The molecule has 0 heterocycles. The number of hydrogen-bond acceptors (Lipinski definition) is 5. The van der Waals surface area contributed by atoms with Crippen molar-refractivity contribution in [3.05, 3.63) is 50.9 Å². The van der Waals surface area contributed by atoms with E-state index in [0.29, 0.717) is 11.3 Å². The first-order valence-corrected chi connectivity index (χ1v) is 5.63. The van der Waals surface area contributed by atoms with Gasteiger partial charge in [-0.15, -0.1) is 4.91 Å². The Morgan fingerprint density at radius 2 is 2.20 bits per heavy atom. The van der Waals surface area contributed by atoms with E-state index in [-0.39, 0.29) is 5.69 Å². The molecule has 8 heteroatoms. The van der Waals surface area contributed by atoms with Gasteiger partial charge in [-0.25, -0.2) is 9.80 Å². The van der Waals surface area contributed by atoms with Crippen molar-refractivity contribution in [1.82, 2.24) is 0 Å². The second-order valence-corrected chi connectivity index (χ2v) is 4.09. The molecule has 0 bridgehead atoms. The van der Waals surface area contributed by atoms with E-state index >= 15 is 0 Å². The Morgan fingerprint density at radius 1 is 1.55 bits per heavy atom. The van der Waals surface area contributed by atoms with Crippen molar-refractivity contribution >= 4 is 17.3 Å². The highest BCUT2D eigenvalue weighted by molar-refractivity contribution is 5.80. The zero-order chi connectivity index (χ0) is 15.3. The minimum absolute atomic E-state index is 0.140. The van der Waals surface area contributed by atoms with E-state index in [0.717, 1.165) is 11.1 Å². The molecule has 0 aromatic heterocycles. The van der Waals surface area contributed by atoms with Crippen LogP contribution >= 0.6 is 0 Å². The molecule has 0 aliphatic rings. The van der Waals surface area contributed by atoms with Crippen LogP contribution in [0.1, 0.15) is 18.4 Å². The predicted molar refractivity (Wildman–Crippen MR) is 72.5 cm³/mol. The van der Waals surface area contributed by atoms with Crippen LogP contribution in [-0.4, -0.2) is 23.0 Å². The SMILES string of the molecule is CC(C=CC(=O)O)c1cc([N+](=O)[O-])ccc1N(C)N=O. The van der Waals surface area contributed by atoms with E-state index in [1.54, 1.807) is 6.92 Å². The molecule has 0 saturated carbocycles. The maximum atomic E-state index is 10.8. The molecule has 0 spiro atoms. The molecule has 1 N–H and O–H groups in total. The van der Waals surface area contributed by atoms with Gasteiger partial charge in [0.15, 0.2) is 0 Å². The Labute approximate surface area is 114 Å². The lowest BCUT2D eigenvalue weighted by Gasteiger charge is -2.17. The molecule has 0 saturated heterocycles. The predicted octanol–water partition coefficient (Wildman–Crippen LogP) is 2.46. The number of anilines is 1. The van der Waals surface area contributed by atoms with E-state index < -0.39 is 16.8 Å². The molecular formula is C12H13N3O5. The van der Waals surface area contributed by atoms with Crippen molar-refractivity contribution in [2.75, 3.05) is 12.1 Å². The zero-order valence-electron chi connectivity index (χ0n) is 10.9. The molecule has 1 unspecified atom stereocenters. The number of carboxylic acid groups (broad SMARTS) is 1. The lowest BCUT2D eigenvalue weighted by atomic mass is 9.97. The molecular weight excluding hydrogens is 266 g/mol. The number of carbonyl (C=O) groups is 1. The van der Waals surface area contributed by atoms with Gasteiger partial charge in [-0.1, -0.05) is 13.0 Å². The van der Waals surface area contributed by atoms with E-state index in [1.165, 1.54) is 31.3 Å². The Hall–Kier alpha value is -2.77. The Balaban J connectivity index is 3.30. The standard InChI is InChI=1S/C12H13N3O5/c1-8(3-6-12(16)17)10-7-9(15(19)20)4-5-11(10)14(2)13-18/h3-8H,1-2H3,(H,16,17). The summed E-state index contributed by atoms with van der Waals surface area (Å²) in [5.41, 5.74) is 0.686. The van der Waals surface area contributed by atoms with Crippen LogP contribution in [-0.2, 0) is 4.79 Å². The number of nitro groups is 1. The van der Waals surface area contributed by atoms with Crippen LogP contribution in [0.15, 0.2) is 35.6 Å². The van der Waals surface area contributed by atoms with Crippen molar-refractivity contribution in [2.24, 2.45) is 5.29 Å². The summed E-state index contributed by atoms with van der Waals surface area (Å²) < 4.78 is 0. The molecule has 1 aromatic carbocycles. The number of nitrogens with zero attached hydrogens (tertiary/aromatic N) is 3. The number of nitroso groups, excluding NO2 is 1. The van der Waals surface area contributed by atoms with Crippen LogP contribution in [0, 0.1) is 15.0 Å². The number of rotatable bonds is 6. The smallest absolute Gasteiger partial charge is 0.327 e. The number of carboxylic acids is 1. The third kappa shape index (κ3) is 3.61. The van der Waals surface area contributed by atoms with Crippen LogP contribution < -0.4 is 5.01 Å². The van der Waals surface area contributed by atoms with Gasteiger partial charge in [-0.3, -0.25) is 10.1 Å². The largest absolute Gasteiger partial charge is 0.478 e. The number of benzene rings is 1. The first-order valence-electron chi connectivity index (χ1n) is 5.63. The zero-order valence-corrected chi connectivity index (χ0v) is 10.9. The monoisotopic (exact) mass is 279 g/mol. The maximum absolute atomic E-state index is 10.8. The van der Waals surface area contributed by atoms with Gasteiger partial charge in [0.25, 0.3) is 5.69 Å². The summed E-state index contributed by atoms with van der Waals surface area (Å²) >= 11 is 0. The molecule has 1 aromatic rings. The van der Waals surface area contributed by atoms with Crippen molar-refractivity contribution in [2.45, 2.75) is 12.8 Å². The average molecular weight is 279 g/mol. The van der Waals surface area contributed by atoms with E-state index in [9.17, 15) is 19.8 Å². The molecule has 0 radical (unpaired) electrons. The van der Waals surface area contributed by atoms with Gasteiger partial charge in [0.2, 0.25) is 0 Å². The minimum atomic E-state index is -1.12. The molecule has 1 rings (SSSR count). The topological polar surface area (TPSA) is 113 Å². The molecule has 20 heavy (non-hydrogen) atoms. The lowest BCUT2D eigenvalue weighted by Crippen LogP contribution is -2.11. The summed E-state index contributed by atoms with van der Waals surface area (Å²) in [5.74, 6) is -1.55. The van der Waals surface area contributed by atoms with Gasteiger partial charge in [0, 0.05) is 31.2 Å². The fraction of sp³-hybridized carbons (Fsp3) is 0.250. The molecule has 0 aliphatic heterocycles. The number of aliphatic carboxylic acids is 1. The maximum Gasteiger partial charge on any atom is 0.327 e. The lowest BCUT2D eigenvalue weighted by molar-refractivity contribution is -0.384. The molecule has 0 fully saturated rings. The van der Waals surface area contributed by atoms with Crippen molar-refractivity contribution in [3.8, 4) is 0 Å².